The van der Waals surface area contributed by atoms with E-state index in [1.54, 1.807) is 24.3 Å². The van der Waals surface area contributed by atoms with Crippen LogP contribution in [0, 0.1) is 5.82 Å². The van der Waals surface area contributed by atoms with E-state index in [-0.39, 0.29) is 37.8 Å². The lowest BCUT2D eigenvalue weighted by atomic mass is 9.93. The van der Waals surface area contributed by atoms with Crippen molar-refractivity contribution < 1.29 is 19.0 Å². The van der Waals surface area contributed by atoms with E-state index in [0.29, 0.717) is 5.56 Å². The molecule has 2 aromatic carbocycles. The minimum atomic E-state index is -0.378. The molecule has 0 aliphatic carbocycles. The van der Waals surface area contributed by atoms with Crippen molar-refractivity contribution in [1.29, 1.82) is 0 Å². The third-order valence-corrected chi connectivity index (χ3v) is 4.54. The second-order valence-electron chi connectivity index (χ2n) is 5.27. The Hall–Kier alpha value is -1.37. The van der Waals surface area contributed by atoms with Gasteiger partial charge in [0.15, 0.2) is 0 Å². The van der Waals surface area contributed by atoms with Crippen LogP contribution in [0.5, 0.6) is 0 Å². The zero-order valence-corrected chi connectivity index (χ0v) is 15.8. The fraction of sp³-hybridized carbons (Fsp3) is 0.278. The smallest absolute Gasteiger partial charge is 0.337 e. The van der Waals surface area contributed by atoms with Gasteiger partial charge >= 0.3 is 5.97 Å². The summed E-state index contributed by atoms with van der Waals surface area (Å²) in [6, 6.07) is 11.5. The maximum absolute atomic E-state index is 13.0. The summed E-state index contributed by atoms with van der Waals surface area (Å²) in [5, 5.41) is 9.58. The van der Waals surface area contributed by atoms with E-state index < -0.39 is 0 Å². The summed E-state index contributed by atoms with van der Waals surface area (Å²) in [4.78, 5) is 11.5. The highest BCUT2D eigenvalue weighted by molar-refractivity contribution is 9.10. The number of benzene rings is 2. The van der Waals surface area contributed by atoms with Gasteiger partial charge in [0.05, 0.1) is 12.7 Å². The van der Waals surface area contributed by atoms with Gasteiger partial charge in [-0.15, -0.1) is 0 Å². The van der Waals surface area contributed by atoms with E-state index >= 15 is 0 Å². The average Bonchev–Trinajstić information content (AvgIpc) is 2.57. The van der Waals surface area contributed by atoms with Crippen LogP contribution >= 0.6 is 29.4 Å². The largest absolute Gasteiger partial charge is 0.465 e. The molecule has 130 valence electrons. The molecule has 0 amide bonds. The van der Waals surface area contributed by atoms with Gasteiger partial charge in [-0.2, -0.15) is 13.5 Å². The van der Waals surface area contributed by atoms with Crippen LogP contribution in [-0.4, -0.2) is 24.8 Å². The van der Waals surface area contributed by atoms with Crippen molar-refractivity contribution in [2.24, 2.45) is 0 Å². The quantitative estimate of drug-likeness (QED) is 0.720. The SMILES string of the molecule is COC(=O)c1ccc(CC[C@H](CO)c2ccc(F)cc2)c(Br)c1.S. The molecule has 3 nitrogen and oxygen atoms in total. The Balaban J connectivity index is 0.00000288. The summed E-state index contributed by atoms with van der Waals surface area (Å²) in [6.07, 6.45) is 1.45. The van der Waals surface area contributed by atoms with Crippen molar-refractivity contribution >= 4 is 35.4 Å². The van der Waals surface area contributed by atoms with Crippen LogP contribution < -0.4 is 0 Å². The number of aliphatic hydroxyl groups is 1. The summed E-state index contributed by atoms with van der Waals surface area (Å²) in [7, 11) is 1.35. The predicted octanol–water partition coefficient (Wildman–Crippen LogP) is 4.20. The molecular weight excluding hydrogens is 395 g/mol. The number of ether oxygens (including phenoxy) is 1. The van der Waals surface area contributed by atoms with Gasteiger partial charge in [0.2, 0.25) is 0 Å². The number of methoxy groups -OCH3 is 1. The molecule has 0 fully saturated rings. The van der Waals surface area contributed by atoms with Crippen molar-refractivity contribution in [3.05, 3.63) is 69.4 Å². The van der Waals surface area contributed by atoms with Crippen molar-refractivity contribution in [3.63, 3.8) is 0 Å². The number of carbonyl (C=O) groups excluding carboxylic acids is 1. The molecule has 0 heterocycles. The number of rotatable bonds is 6. The second kappa shape index (κ2) is 9.81. The Bertz CT molecular complexity index is 676. The number of hydrogen-bond donors (Lipinski definition) is 1. The highest BCUT2D eigenvalue weighted by Crippen LogP contribution is 2.26. The highest BCUT2D eigenvalue weighted by atomic mass is 79.9. The summed E-state index contributed by atoms with van der Waals surface area (Å²) < 4.78 is 18.5. The summed E-state index contributed by atoms with van der Waals surface area (Å²) >= 11 is 3.46. The maximum atomic E-state index is 13.0. The van der Waals surface area contributed by atoms with Crippen LogP contribution in [0.2, 0.25) is 0 Å². The average molecular weight is 415 g/mol. The first-order valence-corrected chi connectivity index (χ1v) is 8.07. The fourth-order valence-electron chi connectivity index (χ4n) is 2.42. The van der Waals surface area contributed by atoms with Crippen LogP contribution in [0.1, 0.15) is 33.8 Å². The molecule has 0 spiro atoms. The molecule has 0 saturated carbocycles. The molecule has 2 aromatic rings. The molecule has 0 bridgehead atoms. The molecule has 0 aliphatic heterocycles. The Morgan fingerprint density at radius 1 is 1.25 bits per heavy atom. The third kappa shape index (κ3) is 5.33. The molecule has 0 saturated heterocycles. The molecule has 0 radical (unpaired) electrons. The third-order valence-electron chi connectivity index (χ3n) is 3.80. The van der Waals surface area contributed by atoms with Crippen molar-refractivity contribution in [2.45, 2.75) is 18.8 Å². The first kappa shape index (κ1) is 20.7. The molecule has 6 heteroatoms. The van der Waals surface area contributed by atoms with Gasteiger partial charge in [0, 0.05) is 17.0 Å². The number of carbonyl (C=O) groups is 1. The highest BCUT2D eigenvalue weighted by Gasteiger charge is 2.13. The molecule has 1 N–H and O–H groups in total. The van der Waals surface area contributed by atoms with Crippen LogP contribution in [-0.2, 0) is 11.2 Å². The summed E-state index contributed by atoms with van der Waals surface area (Å²) in [5.74, 6) is -0.717. The van der Waals surface area contributed by atoms with Gasteiger partial charge < -0.3 is 9.84 Å². The minimum Gasteiger partial charge on any atom is -0.465 e. The number of aryl methyl sites for hydroxylation is 1. The van der Waals surface area contributed by atoms with Gasteiger partial charge in [0.25, 0.3) is 0 Å². The molecule has 0 aliphatic rings. The predicted molar refractivity (Wildman–Crippen MR) is 100 cm³/mol. The van der Waals surface area contributed by atoms with Crippen molar-refractivity contribution in [3.8, 4) is 0 Å². The van der Waals surface area contributed by atoms with Crippen LogP contribution in [0.25, 0.3) is 0 Å². The first-order chi connectivity index (χ1) is 11.0. The molecular formula is C18H20BrFO3S. The maximum Gasteiger partial charge on any atom is 0.337 e. The van der Waals surface area contributed by atoms with E-state index in [2.05, 4.69) is 15.9 Å². The second-order valence-corrected chi connectivity index (χ2v) is 6.12. The minimum absolute atomic E-state index is 0. The van der Waals surface area contributed by atoms with Crippen LogP contribution in [0.15, 0.2) is 46.9 Å². The standard InChI is InChI=1S/C18H18BrFO3.H2S/c1-23-18(22)14-4-2-13(17(19)10-14)3-5-15(11-21)12-6-8-16(20)9-7-12;/h2,4,6-10,15,21H,3,5,11H2,1H3;1H2/t15-;/m1./s1. The molecule has 24 heavy (non-hydrogen) atoms. The number of halogens is 2. The Morgan fingerprint density at radius 3 is 2.46 bits per heavy atom. The van der Waals surface area contributed by atoms with Gasteiger partial charge in [-0.25, -0.2) is 9.18 Å². The topological polar surface area (TPSA) is 46.5 Å². The normalized spacial score (nSPS) is 11.5. The zero-order chi connectivity index (χ0) is 16.8. The van der Waals surface area contributed by atoms with E-state index in [1.165, 1.54) is 19.2 Å². The van der Waals surface area contributed by atoms with Gasteiger partial charge in [0.1, 0.15) is 5.82 Å². The lowest BCUT2D eigenvalue weighted by molar-refractivity contribution is 0.0600. The van der Waals surface area contributed by atoms with Gasteiger partial charge in [-0.1, -0.05) is 34.1 Å². The molecule has 0 aromatic heterocycles. The number of hydrogen-bond acceptors (Lipinski definition) is 3. The van der Waals surface area contributed by atoms with E-state index in [4.69, 9.17) is 4.74 Å². The van der Waals surface area contributed by atoms with Gasteiger partial charge in [-0.05, 0) is 48.2 Å². The zero-order valence-electron chi connectivity index (χ0n) is 13.3. The van der Waals surface area contributed by atoms with Crippen molar-refractivity contribution in [2.75, 3.05) is 13.7 Å². The Labute approximate surface area is 156 Å². The molecule has 2 rings (SSSR count). The summed E-state index contributed by atoms with van der Waals surface area (Å²) in [6.45, 7) is 0.00347. The lowest BCUT2D eigenvalue weighted by Gasteiger charge is -2.15. The van der Waals surface area contributed by atoms with Gasteiger partial charge in [-0.3, -0.25) is 0 Å². The molecule has 1 atom stereocenters. The van der Waals surface area contributed by atoms with Crippen LogP contribution in [0.3, 0.4) is 0 Å². The first-order valence-electron chi connectivity index (χ1n) is 7.28. The van der Waals surface area contributed by atoms with E-state index in [1.807, 2.05) is 6.07 Å². The Morgan fingerprint density at radius 2 is 1.92 bits per heavy atom. The van der Waals surface area contributed by atoms with Crippen molar-refractivity contribution in [1.82, 2.24) is 0 Å². The summed E-state index contributed by atoms with van der Waals surface area (Å²) in [5.41, 5.74) is 2.44. The van der Waals surface area contributed by atoms with E-state index in [9.17, 15) is 14.3 Å². The molecule has 0 unspecified atom stereocenters. The van der Waals surface area contributed by atoms with E-state index in [0.717, 1.165) is 28.4 Å². The lowest BCUT2D eigenvalue weighted by Crippen LogP contribution is -2.07. The van der Waals surface area contributed by atoms with Crippen LogP contribution in [0.4, 0.5) is 4.39 Å². The fourth-order valence-corrected chi connectivity index (χ4v) is 3.00. The monoisotopic (exact) mass is 414 g/mol. The number of esters is 1. The Kier molecular flexibility index (Phi) is 8.45. The number of aliphatic hydroxyl groups excluding tert-OH is 1.